The minimum absolute atomic E-state index is 0.0871. The number of carbonyl (C=O) groups excluding carboxylic acids is 1. The van der Waals surface area contributed by atoms with Crippen LogP contribution in [0.25, 0.3) is 0 Å². The van der Waals surface area contributed by atoms with E-state index in [2.05, 4.69) is 38.3 Å². The first-order valence-electron chi connectivity index (χ1n) is 6.36. The van der Waals surface area contributed by atoms with Crippen LogP contribution in [0.5, 0.6) is 0 Å². The van der Waals surface area contributed by atoms with Gasteiger partial charge in [-0.1, -0.05) is 27.7 Å². The quantitative estimate of drug-likeness (QED) is 0.770. The van der Waals surface area contributed by atoms with Crippen molar-refractivity contribution in [2.75, 3.05) is 19.6 Å². The summed E-state index contributed by atoms with van der Waals surface area (Å²) in [6.07, 6.45) is 1.79. The zero-order valence-electron chi connectivity index (χ0n) is 11.1. The molecule has 2 N–H and O–H groups in total. The summed E-state index contributed by atoms with van der Waals surface area (Å²) < 4.78 is 0. The van der Waals surface area contributed by atoms with Crippen molar-refractivity contribution in [3.8, 4) is 0 Å². The predicted octanol–water partition coefficient (Wildman–Crippen LogP) is 1.78. The average molecular weight is 226 g/mol. The van der Waals surface area contributed by atoms with Gasteiger partial charge in [-0.05, 0) is 36.8 Å². The molecule has 1 rings (SSSR count). The molecule has 0 aromatic carbocycles. The molecule has 1 saturated heterocycles. The Morgan fingerprint density at radius 3 is 2.69 bits per heavy atom. The fraction of sp³-hybridized carbons (Fsp3) is 0.923. The van der Waals surface area contributed by atoms with Crippen molar-refractivity contribution in [1.82, 2.24) is 10.6 Å². The average Bonchev–Trinajstić information content (AvgIpc) is 2.14. The zero-order valence-corrected chi connectivity index (χ0v) is 11.1. The molecular formula is C13H26N2O. The second-order valence-corrected chi connectivity index (χ2v) is 6.27. The van der Waals surface area contributed by atoms with Crippen LogP contribution in [-0.4, -0.2) is 25.5 Å². The van der Waals surface area contributed by atoms with Crippen molar-refractivity contribution < 1.29 is 4.79 Å². The molecule has 1 fully saturated rings. The standard InChI is InChI=1S/C13H26N2O/c1-10-8-14-6-5-11(10)9-15-12(16)7-13(2,3)4/h10-11,14H,5-9H2,1-4H3,(H,15,16). The van der Waals surface area contributed by atoms with E-state index in [1.54, 1.807) is 0 Å². The van der Waals surface area contributed by atoms with Gasteiger partial charge in [0.1, 0.15) is 0 Å². The van der Waals surface area contributed by atoms with E-state index in [0.29, 0.717) is 18.3 Å². The second kappa shape index (κ2) is 5.67. The minimum atomic E-state index is 0.0871. The first-order chi connectivity index (χ1) is 7.38. The van der Waals surface area contributed by atoms with Gasteiger partial charge in [-0.2, -0.15) is 0 Å². The maximum absolute atomic E-state index is 11.7. The summed E-state index contributed by atoms with van der Waals surface area (Å²) in [5.41, 5.74) is 0.0871. The van der Waals surface area contributed by atoms with Crippen LogP contribution < -0.4 is 10.6 Å². The zero-order chi connectivity index (χ0) is 12.2. The molecule has 2 atom stereocenters. The van der Waals surface area contributed by atoms with Gasteiger partial charge >= 0.3 is 0 Å². The molecule has 1 aliphatic rings. The van der Waals surface area contributed by atoms with E-state index in [1.807, 2.05) is 0 Å². The molecule has 0 spiro atoms. The number of piperidine rings is 1. The summed E-state index contributed by atoms with van der Waals surface area (Å²) in [4.78, 5) is 11.7. The lowest BCUT2D eigenvalue weighted by molar-refractivity contribution is -0.123. The molecule has 2 unspecified atom stereocenters. The maximum atomic E-state index is 11.7. The molecule has 0 bridgehead atoms. The third-order valence-electron chi connectivity index (χ3n) is 3.22. The normalized spacial score (nSPS) is 26.5. The van der Waals surface area contributed by atoms with E-state index in [9.17, 15) is 4.79 Å². The topological polar surface area (TPSA) is 41.1 Å². The van der Waals surface area contributed by atoms with E-state index in [-0.39, 0.29) is 11.3 Å². The first kappa shape index (κ1) is 13.5. The molecular weight excluding hydrogens is 200 g/mol. The highest BCUT2D eigenvalue weighted by molar-refractivity contribution is 5.76. The molecule has 1 heterocycles. The summed E-state index contributed by atoms with van der Waals surface area (Å²) in [6, 6.07) is 0. The van der Waals surface area contributed by atoms with Crippen molar-refractivity contribution in [2.24, 2.45) is 17.3 Å². The Hall–Kier alpha value is -0.570. The van der Waals surface area contributed by atoms with Crippen molar-refractivity contribution >= 4 is 5.91 Å². The van der Waals surface area contributed by atoms with Gasteiger partial charge in [0.15, 0.2) is 0 Å². The van der Waals surface area contributed by atoms with Crippen LogP contribution in [0.4, 0.5) is 0 Å². The molecule has 0 saturated carbocycles. The lowest BCUT2D eigenvalue weighted by atomic mass is 9.87. The van der Waals surface area contributed by atoms with Gasteiger partial charge < -0.3 is 10.6 Å². The van der Waals surface area contributed by atoms with Crippen LogP contribution in [0, 0.1) is 17.3 Å². The lowest BCUT2D eigenvalue weighted by Gasteiger charge is -2.30. The van der Waals surface area contributed by atoms with Gasteiger partial charge in [0, 0.05) is 13.0 Å². The largest absolute Gasteiger partial charge is 0.356 e. The number of amides is 1. The highest BCUT2D eigenvalue weighted by Crippen LogP contribution is 2.19. The second-order valence-electron chi connectivity index (χ2n) is 6.27. The van der Waals surface area contributed by atoms with Crippen LogP contribution in [0.3, 0.4) is 0 Å². The molecule has 1 amide bonds. The maximum Gasteiger partial charge on any atom is 0.220 e. The Labute approximate surface area is 99.4 Å². The van der Waals surface area contributed by atoms with Gasteiger partial charge in [0.25, 0.3) is 0 Å². The van der Waals surface area contributed by atoms with E-state index in [1.165, 1.54) is 6.42 Å². The number of hydrogen-bond donors (Lipinski definition) is 2. The highest BCUT2D eigenvalue weighted by atomic mass is 16.1. The lowest BCUT2D eigenvalue weighted by Crippen LogP contribution is -2.41. The SMILES string of the molecule is CC1CNCCC1CNC(=O)CC(C)(C)C. The summed E-state index contributed by atoms with van der Waals surface area (Å²) in [7, 11) is 0. The first-order valence-corrected chi connectivity index (χ1v) is 6.36. The van der Waals surface area contributed by atoms with Crippen LogP contribution >= 0.6 is 0 Å². The van der Waals surface area contributed by atoms with E-state index in [0.717, 1.165) is 19.6 Å². The van der Waals surface area contributed by atoms with Crippen LogP contribution in [-0.2, 0) is 4.79 Å². The molecule has 0 radical (unpaired) electrons. The molecule has 94 valence electrons. The fourth-order valence-electron chi connectivity index (χ4n) is 2.16. The molecule has 0 aliphatic carbocycles. The smallest absolute Gasteiger partial charge is 0.220 e. The number of carbonyl (C=O) groups is 1. The van der Waals surface area contributed by atoms with E-state index < -0.39 is 0 Å². The van der Waals surface area contributed by atoms with Crippen molar-refractivity contribution in [1.29, 1.82) is 0 Å². The summed E-state index contributed by atoms with van der Waals surface area (Å²) in [6.45, 7) is 11.6. The third kappa shape index (κ3) is 4.97. The van der Waals surface area contributed by atoms with Crippen molar-refractivity contribution in [3.05, 3.63) is 0 Å². The van der Waals surface area contributed by atoms with Gasteiger partial charge in [0.05, 0.1) is 0 Å². The Kier molecular flexibility index (Phi) is 4.78. The van der Waals surface area contributed by atoms with Gasteiger partial charge in [-0.3, -0.25) is 4.79 Å². The molecule has 0 aromatic heterocycles. The number of hydrogen-bond acceptors (Lipinski definition) is 2. The number of rotatable bonds is 3. The monoisotopic (exact) mass is 226 g/mol. The summed E-state index contributed by atoms with van der Waals surface area (Å²) >= 11 is 0. The molecule has 3 heteroatoms. The Bertz CT molecular complexity index is 233. The number of nitrogens with one attached hydrogen (secondary N) is 2. The van der Waals surface area contributed by atoms with E-state index in [4.69, 9.17) is 0 Å². The molecule has 3 nitrogen and oxygen atoms in total. The Morgan fingerprint density at radius 2 is 2.12 bits per heavy atom. The van der Waals surface area contributed by atoms with E-state index >= 15 is 0 Å². The Balaban J connectivity index is 2.25. The molecule has 16 heavy (non-hydrogen) atoms. The van der Waals surface area contributed by atoms with Crippen LogP contribution in [0.1, 0.15) is 40.5 Å². The van der Waals surface area contributed by atoms with Gasteiger partial charge in [0.2, 0.25) is 5.91 Å². The van der Waals surface area contributed by atoms with Crippen molar-refractivity contribution in [3.63, 3.8) is 0 Å². The van der Waals surface area contributed by atoms with Gasteiger partial charge in [-0.25, -0.2) is 0 Å². The highest BCUT2D eigenvalue weighted by Gasteiger charge is 2.22. The fourth-order valence-corrected chi connectivity index (χ4v) is 2.16. The molecule has 0 aromatic rings. The summed E-state index contributed by atoms with van der Waals surface area (Å²) in [5.74, 6) is 1.51. The molecule has 1 aliphatic heterocycles. The third-order valence-corrected chi connectivity index (χ3v) is 3.22. The van der Waals surface area contributed by atoms with Crippen LogP contribution in [0.2, 0.25) is 0 Å². The van der Waals surface area contributed by atoms with Crippen LogP contribution in [0.15, 0.2) is 0 Å². The predicted molar refractivity (Wildman–Crippen MR) is 67.2 cm³/mol. The van der Waals surface area contributed by atoms with Gasteiger partial charge in [-0.15, -0.1) is 0 Å². The van der Waals surface area contributed by atoms with Crippen molar-refractivity contribution in [2.45, 2.75) is 40.5 Å². The Morgan fingerprint density at radius 1 is 1.44 bits per heavy atom. The summed E-state index contributed by atoms with van der Waals surface area (Å²) in [5, 5.41) is 6.45. The minimum Gasteiger partial charge on any atom is -0.356 e.